The number of rotatable bonds is 32. The molecule has 4 aromatic rings. The van der Waals surface area contributed by atoms with E-state index in [9.17, 15) is 0 Å². The normalized spacial score (nSPS) is 11.8. The first-order valence-corrected chi connectivity index (χ1v) is 28.3. The van der Waals surface area contributed by atoms with Gasteiger partial charge in [-0.25, -0.2) is 0 Å². The maximum Gasteiger partial charge on any atom is 0.261 e. The Labute approximate surface area is 416 Å². The van der Waals surface area contributed by atoms with Crippen molar-refractivity contribution < 1.29 is 57.6 Å². The molecule has 4 aromatic carbocycles. The summed E-state index contributed by atoms with van der Waals surface area (Å²) in [6, 6.07) is 42.3. The summed E-state index contributed by atoms with van der Waals surface area (Å²) in [5.74, 6) is 0. The lowest BCUT2D eigenvalue weighted by molar-refractivity contribution is -0.00856. The average molecular weight is 1010 g/mol. The summed E-state index contributed by atoms with van der Waals surface area (Å²) in [6.07, 6.45) is 0. The van der Waals surface area contributed by atoms with Crippen LogP contribution in [-0.4, -0.2) is 163 Å². The molecule has 0 saturated heterocycles. The van der Waals surface area contributed by atoms with Crippen molar-refractivity contribution in [2.24, 2.45) is 0 Å². The van der Waals surface area contributed by atoms with E-state index in [4.69, 9.17) is 68.7 Å². The molecule has 0 saturated carbocycles. The smallest absolute Gasteiger partial charge is 0.261 e. The van der Waals surface area contributed by atoms with Gasteiger partial charge in [0.2, 0.25) is 7.38 Å². The van der Waals surface area contributed by atoms with Crippen LogP contribution in [0.25, 0.3) is 0 Å². The number of aliphatic hydroxyl groups excluding tert-OH is 3. The van der Waals surface area contributed by atoms with Crippen LogP contribution < -0.4 is 20.7 Å². The van der Waals surface area contributed by atoms with Gasteiger partial charge in [0.25, 0.3) is 8.32 Å². The van der Waals surface area contributed by atoms with E-state index >= 15 is 0 Å². The van der Waals surface area contributed by atoms with E-state index in [0.717, 1.165) is 0 Å². The lowest BCUT2D eigenvalue weighted by Crippen LogP contribution is -2.66. The van der Waals surface area contributed by atoms with Gasteiger partial charge in [0, 0.05) is 0 Å². The zero-order chi connectivity index (χ0) is 49.0. The number of benzene rings is 4. The summed E-state index contributed by atoms with van der Waals surface area (Å²) in [5, 5.41) is 30.6. The minimum Gasteiger partial charge on any atom is -0.405 e. The van der Waals surface area contributed by atoms with E-state index in [1.165, 1.54) is 20.7 Å². The van der Waals surface area contributed by atoms with Crippen LogP contribution in [0.15, 0.2) is 121 Å². The number of aliphatic hydroxyl groups is 3. The third kappa shape index (κ3) is 23.8. The summed E-state index contributed by atoms with van der Waals surface area (Å²) in [5.41, 5.74) is 0. The summed E-state index contributed by atoms with van der Waals surface area (Å²) < 4.78 is 49.0. The standard InChI is InChI=1S/C26H40O6Si.C16H19ClSi.C10H22O6.CH4/c1-26(2,3)33(24-10-6-4-7-11-24,25-12-8-5-9-13-25)32-23-22-31-21-20-30-19-18-29-17-16-28-15-14-27;1-16(2,3)18(17,14-10-6-4-7-11-14)15-12-8-5-9-13-15;11-1-3-13-5-7-15-9-10-16-8-6-14-4-2-12;/h4-13,27H,14-23H2,1-3H3;4-13H,1-3H3;11-12H,1-10H2;1H4. The van der Waals surface area contributed by atoms with Gasteiger partial charge in [-0.3, -0.25) is 0 Å². The summed E-state index contributed by atoms with van der Waals surface area (Å²) >= 11 is 7.21. The maximum atomic E-state index is 8.62. The molecule has 0 radical (unpaired) electrons. The predicted molar refractivity (Wildman–Crippen MR) is 282 cm³/mol. The molecule has 0 spiro atoms. The van der Waals surface area contributed by atoms with Crippen molar-refractivity contribution >= 4 is 47.5 Å². The zero-order valence-electron chi connectivity index (χ0n) is 41.1. The molecule has 0 unspecified atom stereocenters. The van der Waals surface area contributed by atoms with Gasteiger partial charge < -0.3 is 57.6 Å². The minimum absolute atomic E-state index is 0. The van der Waals surface area contributed by atoms with Crippen LogP contribution >= 0.6 is 11.1 Å². The Morgan fingerprint density at radius 1 is 0.338 bits per heavy atom. The van der Waals surface area contributed by atoms with Gasteiger partial charge in [0.15, 0.2) is 0 Å². The molecule has 0 heterocycles. The van der Waals surface area contributed by atoms with Gasteiger partial charge in [-0.2, -0.15) is 11.1 Å². The second kappa shape index (κ2) is 37.9. The Morgan fingerprint density at radius 2 is 0.559 bits per heavy atom. The molecule has 384 valence electrons. The van der Waals surface area contributed by atoms with Crippen molar-refractivity contribution in [2.75, 3.05) is 132 Å². The summed E-state index contributed by atoms with van der Waals surface area (Å²) in [6.45, 7) is 21.8. The third-order valence-corrected chi connectivity index (χ3v) is 22.7. The number of halogens is 1. The highest BCUT2D eigenvalue weighted by atomic mass is 35.6. The fraction of sp³-hybridized carbons (Fsp3) is 0.547. The second-order valence-electron chi connectivity index (χ2n) is 17.2. The summed E-state index contributed by atoms with van der Waals surface area (Å²) in [4.78, 5) is 0. The Balaban J connectivity index is 0.000000558. The highest BCUT2D eigenvalue weighted by Gasteiger charge is 2.50. The van der Waals surface area contributed by atoms with E-state index in [-0.39, 0.29) is 37.3 Å². The molecular weight excluding hydrogens is 920 g/mol. The SMILES string of the molecule is C.CC(C)(C)[Si](Cl)(c1ccccc1)c1ccccc1.CC(C)(C)[Si](OCCOCCOCCOCCOCCO)(c1ccccc1)c1ccccc1.OCCOCCOCCOCCOCCO. The summed E-state index contributed by atoms with van der Waals surface area (Å²) in [7, 11) is -4.73. The van der Waals surface area contributed by atoms with E-state index < -0.39 is 15.7 Å². The predicted octanol–water partition coefficient (Wildman–Crippen LogP) is 6.08. The molecule has 0 amide bonds. The molecule has 0 aliphatic heterocycles. The largest absolute Gasteiger partial charge is 0.405 e. The van der Waals surface area contributed by atoms with Crippen LogP contribution in [0, 0.1) is 0 Å². The highest BCUT2D eigenvalue weighted by molar-refractivity contribution is 7.35. The Hall–Kier alpha value is -2.88. The number of ether oxygens (including phenoxy) is 8. The van der Waals surface area contributed by atoms with Crippen molar-refractivity contribution in [2.45, 2.75) is 59.0 Å². The molecule has 0 fully saturated rings. The van der Waals surface area contributed by atoms with E-state index in [0.29, 0.717) is 112 Å². The lowest BCUT2D eigenvalue weighted by Gasteiger charge is -2.43. The molecule has 0 bridgehead atoms. The molecule has 0 aliphatic carbocycles. The fourth-order valence-electron chi connectivity index (χ4n) is 7.10. The van der Waals surface area contributed by atoms with E-state index in [1.54, 1.807) is 0 Å². The topological polar surface area (TPSA) is 144 Å². The Kier molecular flexibility index (Phi) is 35.2. The van der Waals surface area contributed by atoms with Crippen molar-refractivity contribution in [1.82, 2.24) is 0 Å². The molecular formula is C53H85ClO12Si2. The molecule has 0 aliphatic rings. The van der Waals surface area contributed by atoms with Crippen molar-refractivity contribution in [3.05, 3.63) is 121 Å². The molecule has 0 aromatic heterocycles. The first-order valence-electron chi connectivity index (χ1n) is 23.4. The molecule has 15 heteroatoms. The van der Waals surface area contributed by atoms with Crippen LogP contribution in [0.1, 0.15) is 49.0 Å². The molecule has 4 rings (SSSR count). The Morgan fingerprint density at radius 3 is 0.779 bits per heavy atom. The minimum atomic E-state index is -2.50. The van der Waals surface area contributed by atoms with E-state index in [2.05, 4.69) is 151 Å². The van der Waals surface area contributed by atoms with Crippen LogP contribution in [-0.2, 0) is 42.3 Å². The highest BCUT2D eigenvalue weighted by Crippen LogP contribution is 2.38. The van der Waals surface area contributed by atoms with Crippen LogP contribution in [0.2, 0.25) is 10.1 Å². The second-order valence-corrected chi connectivity index (χ2v) is 27.2. The number of hydrogen-bond donors (Lipinski definition) is 3. The van der Waals surface area contributed by atoms with Crippen LogP contribution in [0.4, 0.5) is 0 Å². The van der Waals surface area contributed by atoms with Gasteiger partial charge in [0.05, 0.1) is 132 Å². The monoisotopic (exact) mass is 1000 g/mol. The van der Waals surface area contributed by atoms with E-state index in [1.807, 2.05) is 12.1 Å². The molecule has 68 heavy (non-hydrogen) atoms. The van der Waals surface area contributed by atoms with Gasteiger partial charge in [-0.05, 0) is 30.8 Å². The first-order chi connectivity index (χ1) is 32.4. The van der Waals surface area contributed by atoms with Crippen molar-refractivity contribution in [3.8, 4) is 0 Å². The van der Waals surface area contributed by atoms with Crippen molar-refractivity contribution in [3.63, 3.8) is 0 Å². The molecule has 3 N–H and O–H groups in total. The van der Waals surface area contributed by atoms with Crippen molar-refractivity contribution in [1.29, 1.82) is 0 Å². The van der Waals surface area contributed by atoms with Crippen LogP contribution in [0.5, 0.6) is 0 Å². The quantitative estimate of drug-likeness (QED) is 0.0297. The van der Waals surface area contributed by atoms with Gasteiger partial charge in [0.1, 0.15) is 0 Å². The van der Waals surface area contributed by atoms with Gasteiger partial charge in [-0.1, -0.05) is 170 Å². The number of hydrogen-bond acceptors (Lipinski definition) is 12. The van der Waals surface area contributed by atoms with Gasteiger partial charge >= 0.3 is 0 Å². The van der Waals surface area contributed by atoms with Crippen LogP contribution in [0.3, 0.4) is 0 Å². The molecule has 0 atom stereocenters. The third-order valence-electron chi connectivity index (χ3n) is 10.3. The lowest BCUT2D eigenvalue weighted by atomic mass is 10.2. The van der Waals surface area contributed by atoms with Gasteiger partial charge in [-0.15, -0.1) is 0 Å². The zero-order valence-corrected chi connectivity index (χ0v) is 43.8. The fourth-order valence-corrected chi connectivity index (χ4v) is 15.8. The first kappa shape index (κ1) is 63.1. The maximum absolute atomic E-state index is 8.62. The molecule has 12 nitrogen and oxygen atoms in total. The Bertz CT molecular complexity index is 1630. The average Bonchev–Trinajstić information content (AvgIpc) is 3.33.